The van der Waals surface area contributed by atoms with Gasteiger partial charge < -0.3 is 19.5 Å². The van der Waals surface area contributed by atoms with E-state index in [2.05, 4.69) is 5.32 Å². The standard InChI is InChI=1S/C19H15F2NO5/c20-14-4-3-13(10-15(14)21)22-18(23)11-27-19(24)6-2-12-1-5-16-17(9-12)26-8-7-25-16/h1-6,9-10H,7-8,11H2,(H,22,23)/b6-2+. The number of carbonyl (C=O) groups is 2. The van der Waals surface area contributed by atoms with Crippen LogP contribution in [0.25, 0.3) is 6.08 Å². The van der Waals surface area contributed by atoms with E-state index in [1.54, 1.807) is 18.2 Å². The molecule has 0 radical (unpaired) electrons. The van der Waals surface area contributed by atoms with E-state index in [1.165, 1.54) is 12.1 Å². The third-order valence-corrected chi connectivity index (χ3v) is 3.53. The Morgan fingerprint density at radius 2 is 1.81 bits per heavy atom. The Kier molecular flexibility index (Phi) is 5.65. The maximum atomic E-state index is 13.1. The number of fused-ring (bicyclic) bond motifs is 1. The molecule has 8 heteroatoms. The molecule has 0 aliphatic carbocycles. The second kappa shape index (κ2) is 8.31. The third-order valence-electron chi connectivity index (χ3n) is 3.53. The zero-order valence-corrected chi connectivity index (χ0v) is 14.0. The molecule has 0 saturated carbocycles. The van der Waals surface area contributed by atoms with Gasteiger partial charge in [0.05, 0.1) is 0 Å². The van der Waals surface area contributed by atoms with Crippen LogP contribution < -0.4 is 14.8 Å². The Hall–Kier alpha value is -3.42. The normalized spacial score (nSPS) is 12.7. The van der Waals surface area contributed by atoms with Gasteiger partial charge in [-0.05, 0) is 35.9 Å². The monoisotopic (exact) mass is 375 g/mol. The summed E-state index contributed by atoms with van der Waals surface area (Å²) in [6.45, 7) is 0.375. The number of rotatable bonds is 5. The summed E-state index contributed by atoms with van der Waals surface area (Å²) in [7, 11) is 0. The molecule has 0 aromatic heterocycles. The van der Waals surface area contributed by atoms with Gasteiger partial charge in [0.15, 0.2) is 29.7 Å². The Balaban J connectivity index is 1.49. The number of amides is 1. The van der Waals surface area contributed by atoms with Crippen LogP contribution in [0.5, 0.6) is 11.5 Å². The highest BCUT2D eigenvalue weighted by Gasteiger charge is 2.11. The van der Waals surface area contributed by atoms with Crippen LogP contribution in [0.3, 0.4) is 0 Å². The zero-order chi connectivity index (χ0) is 19.2. The van der Waals surface area contributed by atoms with E-state index in [-0.39, 0.29) is 5.69 Å². The fraction of sp³-hybridized carbons (Fsp3) is 0.158. The second-order valence-corrected chi connectivity index (χ2v) is 5.52. The number of hydrogen-bond acceptors (Lipinski definition) is 5. The van der Waals surface area contributed by atoms with Crippen molar-refractivity contribution in [1.29, 1.82) is 0 Å². The predicted molar refractivity (Wildman–Crippen MR) is 92.4 cm³/mol. The van der Waals surface area contributed by atoms with Gasteiger partial charge in [0.2, 0.25) is 0 Å². The Bertz CT molecular complexity index is 898. The van der Waals surface area contributed by atoms with Crippen molar-refractivity contribution in [2.24, 2.45) is 0 Å². The lowest BCUT2D eigenvalue weighted by atomic mass is 10.2. The fourth-order valence-corrected chi connectivity index (χ4v) is 2.28. The molecular formula is C19H15F2NO5. The number of anilines is 1. The summed E-state index contributed by atoms with van der Waals surface area (Å²) in [4.78, 5) is 23.4. The summed E-state index contributed by atoms with van der Waals surface area (Å²) in [5.41, 5.74) is 0.754. The molecule has 27 heavy (non-hydrogen) atoms. The minimum Gasteiger partial charge on any atom is -0.486 e. The molecule has 0 saturated heterocycles. The molecule has 0 atom stereocenters. The smallest absolute Gasteiger partial charge is 0.331 e. The lowest BCUT2D eigenvalue weighted by Gasteiger charge is -2.18. The molecule has 0 spiro atoms. The Morgan fingerprint density at radius 3 is 2.59 bits per heavy atom. The highest BCUT2D eigenvalue weighted by Crippen LogP contribution is 2.31. The molecule has 0 fully saturated rings. The Labute approximate surface area is 153 Å². The topological polar surface area (TPSA) is 73.9 Å². The van der Waals surface area contributed by atoms with Crippen LogP contribution >= 0.6 is 0 Å². The van der Waals surface area contributed by atoms with Gasteiger partial charge >= 0.3 is 5.97 Å². The van der Waals surface area contributed by atoms with Crippen molar-refractivity contribution >= 4 is 23.6 Å². The number of hydrogen-bond donors (Lipinski definition) is 1. The van der Waals surface area contributed by atoms with Gasteiger partial charge in [-0.1, -0.05) is 6.07 Å². The number of ether oxygens (including phenoxy) is 3. The summed E-state index contributed by atoms with van der Waals surface area (Å²) in [5, 5.41) is 2.30. The lowest BCUT2D eigenvalue weighted by Crippen LogP contribution is -2.20. The fourth-order valence-electron chi connectivity index (χ4n) is 2.28. The zero-order valence-electron chi connectivity index (χ0n) is 14.0. The van der Waals surface area contributed by atoms with Crippen LogP contribution in [0.1, 0.15) is 5.56 Å². The van der Waals surface area contributed by atoms with Crippen molar-refractivity contribution in [3.63, 3.8) is 0 Å². The van der Waals surface area contributed by atoms with Gasteiger partial charge in [0.25, 0.3) is 5.91 Å². The van der Waals surface area contributed by atoms with E-state index in [4.69, 9.17) is 14.2 Å². The number of esters is 1. The van der Waals surface area contributed by atoms with E-state index in [9.17, 15) is 18.4 Å². The molecule has 140 valence electrons. The van der Waals surface area contributed by atoms with Gasteiger partial charge in [-0.3, -0.25) is 4.79 Å². The molecule has 1 amide bonds. The van der Waals surface area contributed by atoms with Crippen LogP contribution in [0.2, 0.25) is 0 Å². The van der Waals surface area contributed by atoms with Gasteiger partial charge in [0, 0.05) is 17.8 Å². The summed E-state index contributed by atoms with van der Waals surface area (Å²) in [5.74, 6) is -2.30. The van der Waals surface area contributed by atoms with Crippen LogP contribution in [-0.2, 0) is 14.3 Å². The maximum absolute atomic E-state index is 13.1. The molecule has 0 bridgehead atoms. The molecule has 0 unspecified atom stereocenters. The van der Waals surface area contributed by atoms with Gasteiger partial charge in [0.1, 0.15) is 13.2 Å². The largest absolute Gasteiger partial charge is 0.486 e. The van der Waals surface area contributed by atoms with Crippen LogP contribution in [-0.4, -0.2) is 31.7 Å². The van der Waals surface area contributed by atoms with E-state index in [0.29, 0.717) is 30.3 Å². The molecule has 6 nitrogen and oxygen atoms in total. The van der Waals surface area contributed by atoms with E-state index < -0.39 is 30.1 Å². The SMILES string of the molecule is O=C(COC(=O)/C=C/c1ccc2c(c1)OCCO2)Nc1ccc(F)c(F)c1. The highest BCUT2D eigenvalue weighted by atomic mass is 19.2. The molecule has 2 aromatic carbocycles. The molecule has 1 aliphatic heterocycles. The van der Waals surface area contributed by atoms with Crippen LogP contribution in [0.15, 0.2) is 42.5 Å². The number of carbonyl (C=O) groups excluding carboxylic acids is 2. The van der Waals surface area contributed by atoms with Crippen molar-refractivity contribution in [2.75, 3.05) is 25.1 Å². The first kappa shape index (κ1) is 18.4. The van der Waals surface area contributed by atoms with Crippen LogP contribution in [0, 0.1) is 11.6 Å². The number of halogens is 2. The molecular weight excluding hydrogens is 360 g/mol. The first-order valence-electron chi connectivity index (χ1n) is 8.00. The predicted octanol–water partition coefficient (Wildman–Crippen LogP) is 2.93. The minimum absolute atomic E-state index is 0.0572. The lowest BCUT2D eigenvalue weighted by molar-refractivity contribution is -0.142. The third kappa shape index (κ3) is 5.04. The van der Waals surface area contributed by atoms with Crippen molar-refractivity contribution in [1.82, 2.24) is 0 Å². The van der Waals surface area contributed by atoms with E-state index in [1.807, 2.05) is 0 Å². The molecule has 1 aliphatic rings. The summed E-state index contributed by atoms with van der Waals surface area (Å²) in [6, 6.07) is 8.10. The summed E-state index contributed by atoms with van der Waals surface area (Å²) >= 11 is 0. The van der Waals surface area contributed by atoms with E-state index in [0.717, 1.165) is 18.2 Å². The molecule has 3 rings (SSSR count). The van der Waals surface area contributed by atoms with Gasteiger partial charge in [-0.25, -0.2) is 13.6 Å². The van der Waals surface area contributed by atoms with Crippen LogP contribution in [0.4, 0.5) is 14.5 Å². The van der Waals surface area contributed by atoms with Gasteiger partial charge in [-0.2, -0.15) is 0 Å². The van der Waals surface area contributed by atoms with Crippen molar-refractivity contribution in [2.45, 2.75) is 0 Å². The highest BCUT2D eigenvalue weighted by molar-refractivity contribution is 5.94. The van der Waals surface area contributed by atoms with Gasteiger partial charge in [-0.15, -0.1) is 0 Å². The first-order chi connectivity index (χ1) is 13.0. The molecule has 1 N–H and O–H groups in total. The summed E-state index contributed by atoms with van der Waals surface area (Å²) < 4.78 is 41.6. The maximum Gasteiger partial charge on any atom is 0.331 e. The van der Waals surface area contributed by atoms with Crippen molar-refractivity contribution in [3.05, 3.63) is 59.7 Å². The quantitative estimate of drug-likeness (QED) is 0.643. The van der Waals surface area contributed by atoms with E-state index >= 15 is 0 Å². The molecule has 1 heterocycles. The number of benzene rings is 2. The average Bonchev–Trinajstić information content (AvgIpc) is 2.67. The first-order valence-corrected chi connectivity index (χ1v) is 8.00. The average molecular weight is 375 g/mol. The number of nitrogens with one attached hydrogen (secondary N) is 1. The second-order valence-electron chi connectivity index (χ2n) is 5.52. The van der Waals surface area contributed by atoms with Crippen molar-refractivity contribution < 1.29 is 32.6 Å². The van der Waals surface area contributed by atoms with Crippen molar-refractivity contribution in [3.8, 4) is 11.5 Å². The summed E-state index contributed by atoms with van der Waals surface area (Å²) in [6.07, 6.45) is 2.67. The minimum atomic E-state index is -1.09. The Morgan fingerprint density at radius 1 is 1.04 bits per heavy atom. The molecule has 2 aromatic rings.